The van der Waals surface area contributed by atoms with Crippen molar-refractivity contribution in [3.05, 3.63) is 72.7 Å². The van der Waals surface area contributed by atoms with Crippen molar-refractivity contribution in [2.75, 3.05) is 19.3 Å². The molecule has 0 spiro atoms. The van der Waals surface area contributed by atoms with Crippen LogP contribution in [0, 0.1) is 5.92 Å². The molecule has 2 N–H and O–H groups in total. The molecule has 0 amide bonds. The minimum Gasteiger partial charge on any atom is -0.317 e. The summed E-state index contributed by atoms with van der Waals surface area (Å²) in [6.45, 7) is 2.29. The Bertz CT molecular complexity index is 1180. The molecule has 158 valence electrons. The molecule has 1 aliphatic rings. The minimum absolute atomic E-state index is 0.769. The summed E-state index contributed by atoms with van der Waals surface area (Å²) in [6.07, 6.45) is 11.3. The molecule has 3 heterocycles. The Hall–Kier alpha value is -2.67. The average molecular weight is 432 g/mol. The van der Waals surface area contributed by atoms with Gasteiger partial charge >= 0.3 is 0 Å². The monoisotopic (exact) mass is 431 g/mol. The first-order valence-electron chi connectivity index (χ1n) is 10.8. The molecule has 0 bridgehead atoms. The summed E-state index contributed by atoms with van der Waals surface area (Å²) in [6, 6.07) is 16.8. The van der Waals surface area contributed by atoms with Crippen LogP contribution in [-0.4, -0.2) is 38.5 Å². The summed E-state index contributed by atoms with van der Waals surface area (Å²) >= 11 is -0.769. The Morgan fingerprint density at radius 2 is 1.84 bits per heavy atom. The summed E-state index contributed by atoms with van der Waals surface area (Å²) in [5.74, 6) is 0.792. The van der Waals surface area contributed by atoms with E-state index in [1.54, 1.807) is 6.26 Å². The second kappa shape index (κ2) is 8.83. The maximum absolute atomic E-state index is 9.92. The van der Waals surface area contributed by atoms with Crippen molar-refractivity contribution in [2.45, 2.75) is 24.2 Å². The molecular formula is C25H27N4OS+. The van der Waals surface area contributed by atoms with Crippen LogP contribution in [0.25, 0.3) is 27.9 Å². The zero-order valence-corrected chi connectivity index (χ0v) is 18.5. The predicted molar refractivity (Wildman–Crippen MR) is 127 cm³/mol. The van der Waals surface area contributed by atoms with E-state index in [1.165, 1.54) is 18.4 Å². The largest absolute Gasteiger partial charge is 0.317 e. The van der Waals surface area contributed by atoms with Crippen LogP contribution in [0.4, 0.5) is 0 Å². The molecule has 0 aliphatic carbocycles. The fourth-order valence-electron chi connectivity index (χ4n) is 4.33. The zero-order chi connectivity index (χ0) is 21.2. The third kappa shape index (κ3) is 4.37. The number of hydrogen-bond donors (Lipinski definition) is 2. The van der Waals surface area contributed by atoms with E-state index in [9.17, 15) is 4.55 Å². The Balaban J connectivity index is 1.39. The average Bonchev–Trinajstić information content (AvgIpc) is 3.24. The molecule has 1 aliphatic heterocycles. The number of aromatic nitrogens is 3. The Kier molecular flexibility index (Phi) is 5.76. The van der Waals surface area contributed by atoms with Crippen LogP contribution < -0.4 is 5.32 Å². The number of piperidine rings is 1. The van der Waals surface area contributed by atoms with Gasteiger partial charge in [0.1, 0.15) is 6.26 Å². The molecule has 2 aromatic heterocycles. The number of rotatable bonds is 5. The SMILES string of the molecule is C[S+](O)c1cccc(-c2cnn3cc(-c4ccc(CC5CCNCC5)cc4)cnc23)c1. The molecule has 1 atom stereocenters. The topological polar surface area (TPSA) is 62.5 Å². The molecule has 4 aromatic rings. The van der Waals surface area contributed by atoms with Gasteiger partial charge in [-0.1, -0.05) is 36.4 Å². The van der Waals surface area contributed by atoms with Crippen LogP contribution in [0.2, 0.25) is 0 Å². The summed E-state index contributed by atoms with van der Waals surface area (Å²) in [5.41, 5.74) is 6.41. The van der Waals surface area contributed by atoms with Gasteiger partial charge < -0.3 is 5.32 Å². The highest BCUT2D eigenvalue weighted by atomic mass is 32.2. The number of nitrogens with zero attached hydrogens (tertiary/aromatic N) is 3. The van der Waals surface area contributed by atoms with E-state index < -0.39 is 11.2 Å². The second-order valence-corrected chi connectivity index (χ2v) is 9.70. The molecular weight excluding hydrogens is 404 g/mol. The second-order valence-electron chi connectivity index (χ2n) is 8.27. The van der Waals surface area contributed by atoms with E-state index in [0.717, 1.165) is 58.2 Å². The quantitative estimate of drug-likeness (QED) is 0.450. The van der Waals surface area contributed by atoms with Crippen molar-refractivity contribution in [3.8, 4) is 22.3 Å². The van der Waals surface area contributed by atoms with Gasteiger partial charge in [-0.15, -0.1) is 0 Å². The molecule has 5 rings (SSSR count). The first kappa shape index (κ1) is 20.2. The van der Waals surface area contributed by atoms with Gasteiger partial charge in [0, 0.05) is 29.6 Å². The van der Waals surface area contributed by atoms with Crippen LogP contribution in [0.3, 0.4) is 0 Å². The molecule has 5 nitrogen and oxygen atoms in total. The van der Waals surface area contributed by atoms with Gasteiger partial charge in [0.15, 0.2) is 21.7 Å². The highest BCUT2D eigenvalue weighted by molar-refractivity contribution is 7.90. The smallest absolute Gasteiger partial charge is 0.190 e. The van der Waals surface area contributed by atoms with Crippen molar-refractivity contribution >= 4 is 16.8 Å². The van der Waals surface area contributed by atoms with Crippen LogP contribution in [0.5, 0.6) is 0 Å². The Morgan fingerprint density at radius 3 is 2.61 bits per heavy atom. The fourth-order valence-corrected chi connectivity index (χ4v) is 4.90. The molecule has 1 fully saturated rings. The Morgan fingerprint density at radius 1 is 1.03 bits per heavy atom. The molecule has 6 heteroatoms. The van der Waals surface area contributed by atoms with Crippen molar-refractivity contribution < 1.29 is 4.55 Å². The number of nitrogens with one attached hydrogen (secondary N) is 1. The van der Waals surface area contributed by atoms with Crippen LogP contribution in [-0.2, 0) is 17.6 Å². The van der Waals surface area contributed by atoms with Crippen molar-refractivity contribution in [1.29, 1.82) is 0 Å². The number of benzene rings is 2. The van der Waals surface area contributed by atoms with Crippen LogP contribution in [0.1, 0.15) is 18.4 Å². The number of fused-ring (bicyclic) bond motifs is 1. The van der Waals surface area contributed by atoms with E-state index in [4.69, 9.17) is 4.98 Å². The van der Waals surface area contributed by atoms with Gasteiger partial charge in [0.05, 0.1) is 6.20 Å². The lowest BCUT2D eigenvalue weighted by atomic mass is 9.90. The van der Waals surface area contributed by atoms with E-state index in [1.807, 2.05) is 47.4 Å². The van der Waals surface area contributed by atoms with Crippen molar-refractivity contribution in [1.82, 2.24) is 19.9 Å². The standard InChI is InChI=1S/C25H27N4OS/c1-31(30)23-4-2-3-21(14-23)24-16-28-29-17-22(15-27-25(24)29)20-7-5-18(6-8-20)13-19-9-11-26-12-10-19/h2-8,14-17,19,26,30H,9-13H2,1H3/q+1. The Labute approximate surface area is 185 Å². The highest BCUT2D eigenvalue weighted by Gasteiger charge is 2.16. The van der Waals surface area contributed by atoms with Crippen molar-refractivity contribution in [3.63, 3.8) is 0 Å². The van der Waals surface area contributed by atoms with Crippen LogP contribution >= 0.6 is 0 Å². The van der Waals surface area contributed by atoms with Gasteiger partial charge in [0.25, 0.3) is 0 Å². The lowest BCUT2D eigenvalue weighted by Crippen LogP contribution is -2.28. The van der Waals surface area contributed by atoms with Gasteiger partial charge in [-0.2, -0.15) is 9.65 Å². The molecule has 31 heavy (non-hydrogen) atoms. The zero-order valence-electron chi connectivity index (χ0n) is 17.7. The van der Waals surface area contributed by atoms with E-state index >= 15 is 0 Å². The fraction of sp³-hybridized carbons (Fsp3) is 0.280. The summed E-state index contributed by atoms with van der Waals surface area (Å²) in [4.78, 5) is 5.63. The lowest BCUT2D eigenvalue weighted by molar-refractivity contribution is 0.372. The summed E-state index contributed by atoms with van der Waals surface area (Å²) in [7, 11) is 0. The third-order valence-electron chi connectivity index (χ3n) is 6.11. The molecule has 2 aromatic carbocycles. The van der Waals surface area contributed by atoms with E-state index in [0.29, 0.717) is 0 Å². The lowest BCUT2D eigenvalue weighted by Gasteiger charge is -2.22. The predicted octanol–water partition coefficient (Wildman–Crippen LogP) is 4.69. The summed E-state index contributed by atoms with van der Waals surface area (Å²) in [5, 5.41) is 7.98. The highest BCUT2D eigenvalue weighted by Crippen LogP contribution is 2.28. The minimum atomic E-state index is -0.769. The van der Waals surface area contributed by atoms with E-state index in [-0.39, 0.29) is 0 Å². The molecule has 0 saturated carbocycles. The number of hydrogen-bond acceptors (Lipinski definition) is 4. The first-order chi connectivity index (χ1) is 15.2. The molecule has 1 unspecified atom stereocenters. The normalized spacial score (nSPS) is 15.9. The molecule has 0 radical (unpaired) electrons. The van der Waals surface area contributed by atoms with Gasteiger partial charge in [-0.05, 0) is 61.0 Å². The van der Waals surface area contributed by atoms with Gasteiger partial charge in [-0.3, -0.25) is 0 Å². The van der Waals surface area contributed by atoms with Gasteiger partial charge in [0.2, 0.25) is 0 Å². The summed E-state index contributed by atoms with van der Waals surface area (Å²) < 4.78 is 11.8. The van der Waals surface area contributed by atoms with E-state index in [2.05, 4.69) is 34.7 Å². The first-order valence-corrected chi connectivity index (χ1v) is 12.4. The third-order valence-corrected chi connectivity index (χ3v) is 7.05. The van der Waals surface area contributed by atoms with Gasteiger partial charge in [-0.25, -0.2) is 9.50 Å². The maximum atomic E-state index is 9.92. The van der Waals surface area contributed by atoms with Crippen LogP contribution in [0.15, 0.2) is 72.0 Å². The maximum Gasteiger partial charge on any atom is 0.190 e. The van der Waals surface area contributed by atoms with Crippen molar-refractivity contribution in [2.24, 2.45) is 5.92 Å². The molecule has 1 saturated heterocycles.